The number of urea groups is 1. The first-order valence-corrected chi connectivity index (χ1v) is 7.20. The smallest absolute Gasteiger partial charge is 0.317 e. The topological polar surface area (TPSA) is 78.9 Å². The first-order chi connectivity index (χ1) is 9.93. The third kappa shape index (κ3) is 6.14. The van der Waals surface area contributed by atoms with Crippen molar-refractivity contribution in [2.45, 2.75) is 19.1 Å². The zero-order chi connectivity index (χ0) is 15.8. The number of nitrogens with one attached hydrogen (secondary N) is 1. The van der Waals surface area contributed by atoms with Crippen LogP contribution in [0, 0.1) is 0 Å². The van der Waals surface area contributed by atoms with Crippen LogP contribution in [0.5, 0.6) is 0 Å². The lowest BCUT2D eigenvalue weighted by Gasteiger charge is -2.20. The Morgan fingerprint density at radius 2 is 2.10 bits per heavy atom. The molecule has 1 atom stereocenters. The summed E-state index contributed by atoms with van der Waals surface area (Å²) in [5, 5.41) is 11.4. The number of aliphatic carboxylic acids is 1. The Morgan fingerprint density at radius 1 is 1.43 bits per heavy atom. The summed E-state index contributed by atoms with van der Waals surface area (Å²) in [6, 6.07) is 7.37. The molecule has 0 saturated heterocycles. The predicted octanol–water partition coefficient (Wildman–Crippen LogP) is 2.08. The molecule has 0 fully saturated rings. The minimum absolute atomic E-state index is 0.148. The molecule has 0 aliphatic rings. The molecular weight excluding hydrogens is 340 g/mol. The molecule has 0 aliphatic heterocycles. The first-order valence-electron chi connectivity index (χ1n) is 6.41. The number of ether oxygens (including phenoxy) is 1. The van der Waals surface area contributed by atoms with Gasteiger partial charge in [-0.05, 0) is 11.6 Å². The van der Waals surface area contributed by atoms with Gasteiger partial charge in [-0.15, -0.1) is 0 Å². The number of halogens is 1. The summed E-state index contributed by atoms with van der Waals surface area (Å²) in [5.74, 6) is -0.960. The van der Waals surface area contributed by atoms with E-state index in [9.17, 15) is 9.59 Å². The van der Waals surface area contributed by atoms with Crippen LogP contribution in [0.3, 0.4) is 0 Å². The first kappa shape index (κ1) is 17.5. The molecular formula is C14H19BrN2O4. The Morgan fingerprint density at radius 3 is 2.67 bits per heavy atom. The molecule has 1 aromatic carbocycles. The van der Waals surface area contributed by atoms with Crippen molar-refractivity contribution in [3.63, 3.8) is 0 Å². The number of rotatable bonds is 7. The average molecular weight is 359 g/mol. The Hall–Kier alpha value is -1.60. The van der Waals surface area contributed by atoms with Crippen LogP contribution in [0.15, 0.2) is 28.7 Å². The molecule has 0 aromatic heterocycles. The van der Waals surface area contributed by atoms with Gasteiger partial charge in [-0.1, -0.05) is 34.1 Å². The highest BCUT2D eigenvalue weighted by molar-refractivity contribution is 9.10. The molecule has 116 valence electrons. The Kier molecular flexibility index (Phi) is 7.18. The number of carbonyl (C=O) groups is 2. The second kappa shape index (κ2) is 8.63. The van der Waals surface area contributed by atoms with Gasteiger partial charge in [0.15, 0.2) is 0 Å². The van der Waals surface area contributed by atoms with Crippen molar-refractivity contribution >= 4 is 27.9 Å². The van der Waals surface area contributed by atoms with Crippen molar-refractivity contribution in [1.29, 1.82) is 0 Å². The summed E-state index contributed by atoms with van der Waals surface area (Å²) in [6.45, 7) is 0.603. The molecule has 2 N–H and O–H groups in total. The van der Waals surface area contributed by atoms with Gasteiger partial charge in [-0.25, -0.2) is 4.79 Å². The predicted molar refractivity (Wildman–Crippen MR) is 82.1 cm³/mol. The van der Waals surface area contributed by atoms with Crippen LogP contribution in [-0.4, -0.2) is 48.8 Å². The van der Waals surface area contributed by atoms with Crippen LogP contribution in [-0.2, 0) is 16.1 Å². The van der Waals surface area contributed by atoms with Crippen LogP contribution in [0.2, 0.25) is 0 Å². The maximum absolute atomic E-state index is 12.0. The lowest BCUT2D eigenvalue weighted by molar-refractivity contribution is -0.139. The van der Waals surface area contributed by atoms with Crippen molar-refractivity contribution in [3.8, 4) is 0 Å². The van der Waals surface area contributed by atoms with Crippen molar-refractivity contribution in [2.75, 3.05) is 20.7 Å². The molecule has 0 heterocycles. The third-order valence-electron chi connectivity index (χ3n) is 2.93. The summed E-state index contributed by atoms with van der Waals surface area (Å²) in [6.07, 6.45) is -0.687. The van der Waals surface area contributed by atoms with E-state index in [1.807, 2.05) is 24.3 Å². The van der Waals surface area contributed by atoms with Crippen LogP contribution in [0.25, 0.3) is 0 Å². The van der Waals surface area contributed by atoms with E-state index in [4.69, 9.17) is 9.84 Å². The fourth-order valence-corrected chi connectivity index (χ4v) is 2.13. The SMILES string of the molecule is COC(CNC(=O)N(C)Cc1ccccc1Br)CC(=O)O. The number of carboxylic acids is 1. The second-order valence-electron chi connectivity index (χ2n) is 4.59. The van der Waals surface area contributed by atoms with Crippen molar-refractivity contribution in [3.05, 3.63) is 34.3 Å². The summed E-state index contributed by atoms with van der Waals surface area (Å²) < 4.78 is 5.94. The lowest BCUT2D eigenvalue weighted by atomic mass is 10.2. The highest BCUT2D eigenvalue weighted by Gasteiger charge is 2.15. The fourth-order valence-electron chi connectivity index (χ4n) is 1.72. The normalized spacial score (nSPS) is 11.8. The zero-order valence-corrected chi connectivity index (χ0v) is 13.6. The van der Waals surface area contributed by atoms with E-state index < -0.39 is 12.1 Å². The second-order valence-corrected chi connectivity index (χ2v) is 5.44. The van der Waals surface area contributed by atoms with Gasteiger partial charge in [0.05, 0.1) is 12.5 Å². The summed E-state index contributed by atoms with van der Waals surface area (Å²) in [5.41, 5.74) is 0.990. The minimum atomic E-state index is -0.960. The Labute approximate surface area is 132 Å². The van der Waals surface area contributed by atoms with Gasteiger partial charge in [0.2, 0.25) is 0 Å². The summed E-state index contributed by atoms with van der Waals surface area (Å²) >= 11 is 3.43. The quantitative estimate of drug-likeness (QED) is 0.781. The monoisotopic (exact) mass is 358 g/mol. The number of carbonyl (C=O) groups excluding carboxylic acids is 1. The number of amides is 2. The maximum Gasteiger partial charge on any atom is 0.317 e. The van der Waals surface area contributed by atoms with E-state index in [-0.39, 0.29) is 19.0 Å². The number of benzene rings is 1. The highest BCUT2D eigenvalue weighted by atomic mass is 79.9. The van der Waals surface area contributed by atoms with Gasteiger partial charge in [-0.3, -0.25) is 4.79 Å². The standard InChI is InChI=1S/C14H19BrN2O4/c1-17(9-10-5-3-4-6-12(10)15)14(20)16-8-11(21-2)7-13(18)19/h3-6,11H,7-9H2,1-2H3,(H,16,20)(H,18,19). The van der Waals surface area contributed by atoms with E-state index in [2.05, 4.69) is 21.2 Å². The third-order valence-corrected chi connectivity index (χ3v) is 3.70. The molecule has 2 amide bonds. The van der Waals surface area contributed by atoms with Crippen molar-refractivity contribution in [1.82, 2.24) is 10.2 Å². The van der Waals surface area contributed by atoms with Crippen LogP contribution in [0.4, 0.5) is 4.79 Å². The fraction of sp³-hybridized carbons (Fsp3) is 0.429. The molecule has 0 saturated carbocycles. The molecule has 6 nitrogen and oxygen atoms in total. The molecule has 0 bridgehead atoms. The molecule has 1 aromatic rings. The summed E-state index contributed by atoms with van der Waals surface area (Å²) in [4.78, 5) is 24.1. The van der Waals surface area contributed by atoms with Gasteiger partial charge >= 0.3 is 12.0 Å². The number of hydrogen-bond acceptors (Lipinski definition) is 3. The number of carboxylic acid groups (broad SMARTS) is 1. The number of nitrogens with zero attached hydrogens (tertiary/aromatic N) is 1. The molecule has 21 heavy (non-hydrogen) atoms. The molecule has 0 aliphatic carbocycles. The largest absolute Gasteiger partial charge is 0.481 e. The molecule has 0 radical (unpaired) electrons. The average Bonchev–Trinajstić information content (AvgIpc) is 2.45. The molecule has 7 heteroatoms. The molecule has 1 rings (SSSR count). The van der Waals surface area contributed by atoms with Crippen LogP contribution >= 0.6 is 15.9 Å². The van der Waals surface area contributed by atoms with Crippen molar-refractivity contribution < 1.29 is 19.4 Å². The van der Waals surface area contributed by atoms with E-state index in [0.29, 0.717) is 6.54 Å². The van der Waals surface area contributed by atoms with Crippen LogP contribution < -0.4 is 5.32 Å². The molecule has 1 unspecified atom stereocenters. The summed E-state index contributed by atoms with van der Waals surface area (Å²) in [7, 11) is 3.10. The molecule has 0 spiro atoms. The van der Waals surface area contributed by atoms with Gasteiger partial charge in [0.25, 0.3) is 0 Å². The maximum atomic E-state index is 12.0. The number of hydrogen-bond donors (Lipinski definition) is 2. The van der Waals surface area contributed by atoms with E-state index in [0.717, 1.165) is 10.0 Å². The lowest BCUT2D eigenvalue weighted by Crippen LogP contribution is -2.41. The van der Waals surface area contributed by atoms with E-state index in [1.54, 1.807) is 7.05 Å². The van der Waals surface area contributed by atoms with E-state index >= 15 is 0 Å². The highest BCUT2D eigenvalue weighted by Crippen LogP contribution is 2.17. The van der Waals surface area contributed by atoms with Crippen molar-refractivity contribution in [2.24, 2.45) is 0 Å². The van der Waals surface area contributed by atoms with Gasteiger partial charge in [0.1, 0.15) is 0 Å². The minimum Gasteiger partial charge on any atom is -0.481 e. The van der Waals surface area contributed by atoms with E-state index in [1.165, 1.54) is 12.0 Å². The van der Waals surface area contributed by atoms with Gasteiger partial charge in [-0.2, -0.15) is 0 Å². The van der Waals surface area contributed by atoms with Gasteiger partial charge < -0.3 is 20.1 Å². The van der Waals surface area contributed by atoms with Crippen LogP contribution in [0.1, 0.15) is 12.0 Å². The Bertz CT molecular complexity index is 496. The van der Waals surface area contributed by atoms with Gasteiger partial charge in [0, 0.05) is 31.7 Å². The number of methoxy groups -OCH3 is 1. The zero-order valence-electron chi connectivity index (χ0n) is 12.0. The Balaban J connectivity index is 2.47.